The molecule has 1 N–H and O–H groups in total. The zero-order valence-corrected chi connectivity index (χ0v) is 15.1. The average Bonchev–Trinajstić information content (AvgIpc) is 2.95. The van der Waals surface area contributed by atoms with Crippen LogP contribution in [0.4, 0.5) is 5.69 Å². The third-order valence-corrected chi connectivity index (χ3v) is 3.98. The Morgan fingerprint density at radius 2 is 1.92 bits per heavy atom. The maximum absolute atomic E-state index is 12.4. The molecule has 2 aromatic carbocycles. The first-order chi connectivity index (χ1) is 12.5. The number of rotatable bonds is 6. The Labute approximate surface area is 151 Å². The van der Waals surface area contributed by atoms with Crippen molar-refractivity contribution in [3.8, 4) is 5.75 Å². The topological polar surface area (TPSA) is 73.5 Å². The van der Waals surface area contributed by atoms with Crippen molar-refractivity contribution in [1.29, 1.82) is 0 Å². The van der Waals surface area contributed by atoms with Gasteiger partial charge in [0, 0.05) is 23.4 Å². The van der Waals surface area contributed by atoms with E-state index in [-0.39, 0.29) is 11.9 Å². The minimum atomic E-state index is -0.402. The lowest BCUT2D eigenvalue weighted by Gasteiger charge is -2.08. The molecule has 136 valence electrons. The molecule has 0 aliphatic rings. The van der Waals surface area contributed by atoms with E-state index in [1.807, 2.05) is 20.8 Å². The SMILES string of the molecule is CCCOc1ccc(C(=O)Nc2ccc3c(c2)oc(=O)n3C(C)C)cc1. The standard InChI is InChI=1S/C20H22N2O4/c1-4-11-25-16-8-5-14(6-9-16)19(23)21-15-7-10-17-18(12-15)26-20(24)22(17)13(2)3/h5-10,12-13H,4,11H2,1-3H3,(H,21,23). The van der Waals surface area contributed by atoms with Crippen LogP contribution in [0.2, 0.25) is 0 Å². The first kappa shape index (κ1) is 17.8. The van der Waals surface area contributed by atoms with Gasteiger partial charge in [-0.25, -0.2) is 4.79 Å². The van der Waals surface area contributed by atoms with Crippen LogP contribution in [0.3, 0.4) is 0 Å². The van der Waals surface area contributed by atoms with Crippen molar-refractivity contribution in [1.82, 2.24) is 4.57 Å². The lowest BCUT2D eigenvalue weighted by atomic mass is 10.2. The number of oxazole rings is 1. The van der Waals surface area contributed by atoms with E-state index >= 15 is 0 Å². The molecule has 3 aromatic rings. The molecule has 0 aliphatic heterocycles. The largest absolute Gasteiger partial charge is 0.494 e. The van der Waals surface area contributed by atoms with Crippen molar-refractivity contribution in [3.05, 3.63) is 58.6 Å². The number of nitrogens with zero attached hydrogens (tertiary/aromatic N) is 1. The normalized spacial score (nSPS) is 11.1. The van der Waals surface area contributed by atoms with Gasteiger partial charge in [0.15, 0.2) is 5.58 Å². The van der Waals surface area contributed by atoms with Crippen LogP contribution >= 0.6 is 0 Å². The molecule has 6 heteroatoms. The van der Waals surface area contributed by atoms with Crippen LogP contribution in [0.5, 0.6) is 5.75 Å². The van der Waals surface area contributed by atoms with Crippen molar-refractivity contribution in [3.63, 3.8) is 0 Å². The first-order valence-corrected chi connectivity index (χ1v) is 8.69. The fourth-order valence-electron chi connectivity index (χ4n) is 2.73. The molecule has 0 spiro atoms. The predicted molar refractivity (Wildman–Crippen MR) is 101 cm³/mol. The Hall–Kier alpha value is -3.02. The van der Waals surface area contributed by atoms with Gasteiger partial charge in [-0.05, 0) is 56.7 Å². The summed E-state index contributed by atoms with van der Waals surface area (Å²) in [5, 5.41) is 2.82. The summed E-state index contributed by atoms with van der Waals surface area (Å²) in [4.78, 5) is 24.3. The van der Waals surface area contributed by atoms with Crippen molar-refractivity contribution in [2.45, 2.75) is 33.2 Å². The molecule has 0 saturated heterocycles. The summed E-state index contributed by atoms with van der Waals surface area (Å²) in [6, 6.07) is 12.2. The lowest BCUT2D eigenvalue weighted by molar-refractivity contribution is 0.102. The second-order valence-corrected chi connectivity index (χ2v) is 6.34. The third kappa shape index (κ3) is 3.64. The number of amides is 1. The zero-order valence-electron chi connectivity index (χ0n) is 15.1. The van der Waals surface area contributed by atoms with Crippen LogP contribution in [0.25, 0.3) is 11.1 Å². The number of nitrogens with one attached hydrogen (secondary N) is 1. The van der Waals surface area contributed by atoms with Gasteiger partial charge in [-0.3, -0.25) is 9.36 Å². The Kier molecular flexibility index (Phi) is 5.11. The fourth-order valence-corrected chi connectivity index (χ4v) is 2.73. The molecule has 0 bridgehead atoms. The van der Waals surface area contributed by atoms with Gasteiger partial charge in [0.1, 0.15) is 5.75 Å². The van der Waals surface area contributed by atoms with Crippen LogP contribution in [0, 0.1) is 0 Å². The molecule has 26 heavy (non-hydrogen) atoms. The van der Waals surface area contributed by atoms with Crippen LogP contribution in [-0.4, -0.2) is 17.1 Å². The number of carbonyl (C=O) groups is 1. The first-order valence-electron chi connectivity index (χ1n) is 8.69. The Bertz CT molecular complexity index is 968. The smallest absolute Gasteiger partial charge is 0.420 e. The average molecular weight is 354 g/mol. The molecule has 1 aromatic heterocycles. The zero-order chi connectivity index (χ0) is 18.7. The van der Waals surface area contributed by atoms with E-state index in [0.717, 1.165) is 12.2 Å². The van der Waals surface area contributed by atoms with E-state index in [9.17, 15) is 9.59 Å². The molecule has 1 amide bonds. The van der Waals surface area contributed by atoms with Gasteiger partial charge in [-0.1, -0.05) is 6.92 Å². The van der Waals surface area contributed by atoms with Crippen molar-refractivity contribution in [2.75, 3.05) is 11.9 Å². The number of hydrogen-bond donors (Lipinski definition) is 1. The van der Waals surface area contributed by atoms with Gasteiger partial charge in [-0.2, -0.15) is 0 Å². The van der Waals surface area contributed by atoms with Gasteiger partial charge in [0.05, 0.1) is 12.1 Å². The number of benzene rings is 2. The number of hydrogen-bond acceptors (Lipinski definition) is 4. The molecule has 0 aliphatic carbocycles. The highest BCUT2D eigenvalue weighted by Gasteiger charge is 2.13. The van der Waals surface area contributed by atoms with Gasteiger partial charge < -0.3 is 14.5 Å². The highest BCUT2D eigenvalue weighted by molar-refractivity contribution is 6.04. The second kappa shape index (κ2) is 7.47. The minimum Gasteiger partial charge on any atom is -0.494 e. The molecule has 6 nitrogen and oxygen atoms in total. The van der Waals surface area contributed by atoms with Gasteiger partial charge in [-0.15, -0.1) is 0 Å². The minimum absolute atomic E-state index is 0.00219. The lowest BCUT2D eigenvalue weighted by Crippen LogP contribution is -2.15. The summed E-state index contributed by atoms with van der Waals surface area (Å²) >= 11 is 0. The number of fused-ring (bicyclic) bond motifs is 1. The van der Waals surface area contributed by atoms with E-state index in [4.69, 9.17) is 9.15 Å². The molecule has 0 atom stereocenters. The monoisotopic (exact) mass is 354 g/mol. The maximum Gasteiger partial charge on any atom is 0.420 e. The maximum atomic E-state index is 12.4. The van der Waals surface area contributed by atoms with Crippen molar-refractivity contribution >= 4 is 22.7 Å². The number of carbonyl (C=O) groups excluding carboxylic acids is 1. The molecule has 3 rings (SSSR count). The van der Waals surface area contributed by atoms with Crippen molar-refractivity contribution < 1.29 is 13.9 Å². The summed E-state index contributed by atoms with van der Waals surface area (Å²) in [6.45, 7) is 6.52. The summed E-state index contributed by atoms with van der Waals surface area (Å²) in [7, 11) is 0. The molecule has 1 heterocycles. The van der Waals surface area contributed by atoms with E-state index in [1.165, 1.54) is 0 Å². The number of anilines is 1. The van der Waals surface area contributed by atoms with E-state index in [1.54, 1.807) is 47.0 Å². The van der Waals surface area contributed by atoms with Gasteiger partial charge in [0.25, 0.3) is 5.91 Å². The molecule has 0 fully saturated rings. The van der Waals surface area contributed by atoms with E-state index < -0.39 is 5.76 Å². The van der Waals surface area contributed by atoms with Crippen LogP contribution in [-0.2, 0) is 0 Å². The Morgan fingerprint density at radius 3 is 2.58 bits per heavy atom. The molecular weight excluding hydrogens is 332 g/mol. The number of ether oxygens (including phenoxy) is 1. The van der Waals surface area contributed by atoms with E-state index in [2.05, 4.69) is 5.32 Å². The summed E-state index contributed by atoms with van der Waals surface area (Å²) < 4.78 is 12.4. The summed E-state index contributed by atoms with van der Waals surface area (Å²) in [6.07, 6.45) is 0.930. The fraction of sp³-hybridized carbons (Fsp3) is 0.300. The van der Waals surface area contributed by atoms with Crippen molar-refractivity contribution in [2.24, 2.45) is 0 Å². The second-order valence-electron chi connectivity index (χ2n) is 6.34. The molecular formula is C20H22N2O4. The highest BCUT2D eigenvalue weighted by atomic mass is 16.5. The Balaban J connectivity index is 1.78. The summed E-state index contributed by atoms with van der Waals surface area (Å²) in [5.41, 5.74) is 2.25. The quantitative estimate of drug-likeness (QED) is 0.719. The highest BCUT2D eigenvalue weighted by Crippen LogP contribution is 2.22. The van der Waals surface area contributed by atoms with Crippen LogP contribution < -0.4 is 15.8 Å². The summed E-state index contributed by atoms with van der Waals surface area (Å²) in [5.74, 6) is 0.0970. The molecule has 0 radical (unpaired) electrons. The molecule has 0 saturated carbocycles. The third-order valence-electron chi connectivity index (χ3n) is 3.98. The van der Waals surface area contributed by atoms with Gasteiger partial charge in [0.2, 0.25) is 0 Å². The molecule has 0 unspecified atom stereocenters. The van der Waals surface area contributed by atoms with Gasteiger partial charge >= 0.3 is 5.76 Å². The predicted octanol–water partition coefficient (Wildman–Crippen LogP) is 4.22. The Morgan fingerprint density at radius 1 is 1.19 bits per heavy atom. The van der Waals surface area contributed by atoms with Crippen LogP contribution in [0.1, 0.15) is 43.6 Å². The van der Waals surface area contributed by atoms with E-state index in [0.29, 0.717) is 29.0 Å². The number of aromatic nitrogens is 1. The van der Waals surface area contributed by atoms with Crippen LogP contribution in [0.15, 0.2) is 51.7 Å².